The lowest BCUT2D eigenvalue weighted by molar-refractivity contribution is -0.114. The van der Waals surface area contributed by atoms with Gasteiger partial charge in [0.15, 0.2) is 5.65 Å². The van der Waals surface area contributed by atoms with E-state index in [1.54, 1.807) is 0 Å². The van der Waals surface area contributed by atoms with Crippen molar-refractivity contribution in [2.75, 3.05) is 17.2 Å². The first-order valence-electron chi connectivity index (χ1n) is 9.96. The molecule has 0 unspecified atom stereocenters. The van der Waals surface area contributed by atoms with E-state index in [-0.39, 0.29) is 5.91 Å². The number of hydrogen-bond acceptors (Lipinski definition) is 4. The van der Waals surface area contributed by atoms with Gasteiger partial charge in [0, 0.05) is 31.1 Å². The fraction of sp³-hybridized carbons (Fsp3) is 0.476. The number of carbonyl (C=O) groups excluding carboxylic acids is 1. The van der Waals surface area contributed by atoms with Gasteiger partial charge < -0.3 is 10.6 Å². The van der Waals surface area contributed by atoms with Gasteiger partial charge in [0.1, 0.15) is 0 Å². The molecule has 0 atom stereocenters. The van der Waals surface area contributed by atoms with Crippen LogP contribution in [0.25, 0.3) is 21.9 Å². The Bertz CT molecular complexity index is 972. The first-order valence-corrected chi connectivity index (χ1v) is 9.96. The number of hydrogen-bond donors (Lipinski definition) is 2. The standard InChI is InChI=1S/C21H27N5O/c1-3-26-21-18(13-23-26)20(22-12-15-7-5-4-6-8-15)17-11-16(24-14(2)27)9-10-19(17)25-21/h9-11,13,15H,3-8,12H2,1-2H3,(H,22,25)(H,24,27). The molecule has 1 saturated carbocycles. The van der Waals surface area contributed by atoms with Crippen LogP contribution in [0.2, 0.25) is 0 Å². The summed E-state index contributed by atoms with van der Waals surface area (Å²) in [4.78, 5) is 16.3. The van der Waals surface area contributed by atoms with E-state index < -0.39 is 0 Å². The van der Waals surface area contributed by atoms with E-state index >= 15 is 0 Å². The summed E-state index contributed by atoms with van der Waals surface area (Å²) in [6.45, 7) is 5.36. The number of aryl methyl sites for hydroxylation is 1. The summed E-state index contributed by atoms with van der Waals surface area (Å²) >= 11 is 0. The number of nitrogens with one attached hydrogen (secondary N) is 2. The molecule has 27 heavy (non-hydrogen) atoms. The third-order valence-corrected chi connectivity index (χ3v) is 5.49. The molecule has 1 amide bonds. The highest BCUT2D eigenvalue weighted by Crippen LogP contribution is 2.33. The summed E-state index contributed by atoms with van der Waals surface area (Å²) in [7, 11) is 0. The molecule has 2 N–H and O–H groups in total. The Morgan fingerprint density at radius 2 is 2.04 bits per heavy atom. The smallest absolute Gasteiger partial charge is 0.221 e. The van der Waals surface area contributed by atoms with Crippen molar-refractivity contribution < 1.29 is 4.79 Å². The Hall–Kier alpha value is -2.63. The SMILES string of the molecule is CCn1ncc2c(NCC3CCCCC3)c3cc(NC(C)=O)ccc3nc21. The summed E-state index contributed by atoms with van der Waals surface area (Å²) in [6.07, 6.45) is 8.52. The van der Waals surface area contributed by atoms with Crippen LogP contribution >= 0.6 is 0 Å². The fourth-order valence-corrected chi connectivity index (χ4v) is 4.11. The van der Waals surface area contributed by atoms with E-state index in [0.29, 0.717) is 0 Å². The zero-order valence-corrected chi connectivity index (χ0v) is 16.1. The summed E-state index contributed by atoms with van der Waals surface area (Å²) in [5.74, 6) is 0.649. The lowest BCUT2D eigenvalue weighted by Gasteiger charge is -2.23. The average Bonchev–Trinajstić information content (AvgIpc) is 3.08. The Morgan fingerprint density at radius 1 is 1.22 bits per heavy atom. The molecule has 6 nitrogen and oxygen atoms in total. The Balaban J connectivity index is 1.78. The second kappa shape index (κ2) is 7.55. The summed E-state index contributed by atoms with van der Waals surface area (Å²) in [5, 5.41) is 13.2. The predicted molar refractivity (Wildman–Crippen MR) is 110 cm³/mol. The molecule has 0 aliphatic heterocycles. The van der Waals surface area contributed by atoms with Crippen LogP contribution in [0.1, 0.15) is 46.0 Å². The number of amides is 1. The van der Waals surface area contributed by atoms with Crippen LogP contribution in [0.15, 0.2) is 24.4 Å². The van der Waals surface area contributed by atoms with Crippen molar-refractivity contribution in [3.63, 3.8) is 0 Å². The normalized spacial score (nSPS) is 15.3. The van der Waals surface area contributed by atoms with Crippen molar-refractivity contribution in [1.82, 2.24) is 14.8 Å². The number of benzene rings is 1. The largest absolute Gasteiger partial charge is 0.384 e. The minimum Gasteiger partial charge on any atom is -0.384 e. The van der Waals surface area contributed by atoms with E-state index in [2.05, 4.69) is 22.7 Å². The van der Waals surface area contributed by atoms with Gasteiger partial charge in [-0.1, -0.05) is 19.3 Å². The van der Waals surface area contributed by atoms with E-state index in [1.165, 1.54) is 39.0 Å². The highest BCUT2D eigenvalue weighted by Gasteiger charge is 2.17. The average molecular weight is 365 g/mol. The number of carbonyl (C=O) groups is 1. The van der Waals surface area contributed by atoms with Gasteiger partial charge in [-0.15, -0.1) is 0 Å². The number of anilines is 2. The lowest BCUT2D eigenvalue weighted by atomic mass is 9.89. The number of fused-ring (bicyclic) bond motifs is 2. The summed E-state index contributed by atoms with van der Waals surface area (Å²) in [6, 6.07) is 5.88. The maximum Gasteiger partial charge on any atom is 0.221 e. The minimum absolute atomic E-state index is 0.0705. The van der Waals surface area contributed by atoms with Crippen molar-refractivity contribution in [2.45, 2.75) is 52.5 Å². The maximum atomic E-state index is 11.5. The van der Waals surface area contributed by atoms with Gasteiger partial charge in [0.05, 0.1) is 22.8 Å². The van der Waals surface area contributed by atoms with Crippen LogP contribution in [0, 0.1) is 5.92 Å². The van der Waals surface area contributed by atoms with Crippen LogP contribution < -0.4 is 10.6 Å². The van der Waals surface area contributed by atoms with Gasteiger partial charge in [-0.05, 0) is 43.9 Å². The third kappa shape index (κ3) is 3.61. The Labute approximate surface area is 159 Å². The highest BCUT2D eigenvalue weighted by molar-refractivity contribution is 6.08. The number of nitrogens with zero attached hydrogens (tertiary/aromatic N) is 3. The molecule has 1 aliphatic rings. The summed E-state index contributed by atoms with van der Waals surface area (Å²) < 4.78 is 1.93. The number of rotatable bonds is 5. The maximum absolute atomic E-state index is 11.5. The van der Waals surface area contributed by atoms with Crippen molar-refractivity contribution in [3.8, 4) is 0 Å². The van der Waals surface area contributed by atoms with Crippen LogP contribution in [0.5, 0.6) is 0 Å². The van der Waals surface area contributed by atoms with Gasteiger partial charge in [0.2, 0.25) is 5.91 Å². The monoisotopic (exact) mass is 365 g/mol. The molecular formula is C21H27N5O. The first-order chi connectivity index (χ1) is 13.2. The Morgan fingerprint density at radius 3 is 2.78 bits per heavy atom. The zero-order valence-electron chi connectivity index (χ0n) is 16.1. The molecule has 4 rings (SSSR count). The molecule has 0 radical (unpaired) electrons. The Kier molecular flexibility index (Phi) is 4.97. The fourth-order valence-electron chi connectivity index (χ4n) is 4.11. The van der Waals surface area contributed by atoms with Crippen molar-refractivity contribution in [1.29, 1.82) is 0 Å². The van der Waals surface area contributed by atoms with Crippen LogP contribution in [0.4, 0.5) is 11.4 Å². The molecule has 0 spiro atoms. The quantitative estimate of drug-likeness (QED) is 0.695. The van der Waals surface area contributed by atoms with Gasteiger partial charge in [0.25, 0.3) is 0 Å². The minimum atomic E-state index is -0.0705. The molecule has 1 fully saturated rings. The van der Waals surface area contributed by atoms with Crippen molar-refractivity contribution in [3.05, 3.63) is 24.4 Å². The van der Waals surface area contributed by atoms with Gasteiger partial charge >= 0.3 is 0 Å². The van der Waals surface area contributed by atoms with E-state index in [0.717, 1.165) is 52.3 Å². The molecular weight excluding hydrogens is 338 g/mol. The molecule has 0 saturated heterocycles. The van der Waals surface area contributed by atoms with Crippen LogP contribution in [-0.2, 0) is 11.3 Å². The molecule has 6 heteroatoms. The van der Waals surface area contributed by atoms with E-state index in [4.69, 9.17) is 4.98 Å². The number of aromatic nitrogens is 3. The molecule has 1 aliphatic carbocycles. The predicted octanol–water partition coefficient (Wildman–Crippen LogP) is 4.56. The molecule has 2 aromatic heterocycles. The van der Waals surface area contributed by atoms with E-state index in [1.807, 2.05) is 29.1 Å². The van der Waals surface area contributed by atoms with Gasteiger partial charge in [-0.25, -0.2) is 9.67 Å². The lowest BCUT2D eigenvalue weighted by Crippen LogP contribution is -2.17. The third-order valence-electron chi connectivity index (χ3n) is 5.49. The highest BCUT2D eigenvalue weighted by atomic mass is 16.1. The zero-order chi connectivity index (χ0) is 18.8. The van der Waals surface area contributed by atoms with Crippen molar-refractivity contribution in [2.24, 2.45) is 5.92 Å². The van der Waals surface area contributed by atoms with E-state index in [9.17, 15) is 4.79 Å². The number of pyridine rings is 1. The van der Waals surface area contributed by atoms with Gasteiger partial charge in [-0.3, -0.25) is 4.79 Å². The van der Waals surface area contributed by atoms with Crippen LogP contribution in [0.3, 0.4) is 0 Å². The molecule has 142 valence electrons. The second-order valence-corrected chi connectivity index (χ2v) is 7.48. The summed E-state index contributed by atoms with van der Waals surface area (Å²) in [5.41, 5.74) is 3.69. The van der Waals surface area contributed by atoms with Crippen LogP contribution in [-0.4, -0.2) is 27.2 Å². The first kappa shape index (κ1) is 17.8. The topological polar surface area (TPSA) is 71.8 Å². The molecule has 2 heterocycles. The molecule has 0 bridgehead atoms. The van der Waals surface area contributed by atoms with Crippen molar-refractivity contribution >= 4 is 39.2 Å². The molecule has 3 aromatic rings. The van der Waals surface area contributed by atoms with Gasteiger partial charge in [-0.2, -0.15) is 5.10 Å². The molecule has 1 aromatic carbocycles. The second-order valence-electron chi connectivity index (χ2n) is 7.48.